The summed E-state index contributed by atoms with van der Waals surface area (Å²) in [6.45, 7) is 0. The molecule has 0 saturated carbocycles. The van der Waals surface area contributed by atoms with E-state index in [2.05, 4.69) is 200 Å². The molecule has 0 aromatic heterocycles. The van der Waals surface area contributed by atoms with Crippen LogP contribution in [-0.2, 0) is 5.41 Å². The highest BCUT2D eigenvalue weighted by atomic mass is 16.5. The molecule has 0 fully saturated rings. The topological polar surface area (TPSA) is 9.23 Å². The smallest absolute Gasteiger partial charge is 0.135 e. The second-order valence-corrected chi connectivity index (χ2v) is 15.1. The lowest BCUT2D eigenvalue weighted by molar-refractivity contribution is 0.487. The van der Waals surface area contributed by atoms with Crippen molar-refractivity contribution >= 4 is 32.3 Å². The molecule has 1 aliphatic carbocycles. The van der Waals surface area contributed by atoms with Crippen molar-refractivity contribution in [2.45, 2.75) is 5.41 Å². The fraction of sp³-hybridized carbons (Fsp3) is 0.0182. The van der Waals surface area contributed by atoms with Gasteiger partial charge in [-0.15, -0.1) is 0 Å². The Bertz CT molecular complexity index is 3170. The van der Waals surface area contributed by atoms with Crippen LogP contribution in [0.25, 0.3) is 76.8 Å². The molecule has 260 valence electrons. The normalized spacial score (nSPS) is 13.3. The number of fused-ring (bicyclic) bond motifs is 7. The van der Waals surface area contributed by atoms with Gasteiger partial charge in [0.2, 0.25) is 0 Å². The van der Waals surface area contributed by atoms with E-state index in [0.29, 0.717) is 0 Å². The Labute approximate surface area is 325 Å². The van der Waals surface area contributed by atoms with Gasteiger partial charge in [0.25, 0.3) is 0 Å². The average molecular weight is 711 g/mol. The Morgan fingerprint density at radius 3 is 1.71 bits per heavy atom. The molecule has 0 N–H and O–H groups in total. The summed E-state index contributed by atoms with van der Waals surface area (Å²) < 4.78 is 6.51. The van der Waals surface area contributed by atoms with E-state index in [-0.39, 0.29) is 0 Å². The predicted molar refractivity (Wildman–Crippen MR) is 233 cm³/mol. The van der Waals surface area contributed by atoms with E-state index >= 15 is 0 Å². The highest BCUT2D eigenvalue weighted by Crippen LogP contribution is 2.58. The summed E-state index contributed by atoms with van der Waals surface area (Å²) in [6.07, 6.45) is 0. The number of para-hydroxylation sites is 1. The van der Waals surface area contributed by atoms with E-state index in [4.69, 9.17) is 4.74 Å². The molecule has 10 aromatic carbocycles. The third kappa shape index (κ3) is 4.31. The number of hydrogen-bond acceptors (Lipinski definition) is 1. The van der Waals surface area contributed by atoms with Gasteiger partial charge in [0.15, 0.2) is 0 Å². The van der Waals surface area contributed by atoms with Crippen molar-refractivity contribution < 1.29 is 4.74 Å². The van der Waals surface area contributed by atoms with Crippen LogP contribution in [0.5, 0.6) is 11.5 Å². The van der Waals surface area contributed by atoms with Crippen molar-refractivity contribution in [1.29, 1.82) is 0 Å². The quantitative estimate of drug-likeness (QED) is 0.177. The number of ether oxygens (including phenoxy) is 1. The molecular weight excluding hydrogens is 677 g/mol. The number of rotatable bonds is 4. The molecule has 0 unspecified atom stereocenters. The van der Waals surface area contributed by atoms with Crippen molar-refractivity contribution in [3.63, 3.8) is 0 Å². The molecule has 0 saturated heterocycles. The Hall–Kier alpha value is -7.22. The molecule has 56 heavy (non-hydrogen) atoms. The molecule has 2 aliphatic rings. The summed E-state index contributed by atoms with van der Waals surface area (Å²) in [5.74, 6) is 1.81. The first-order valence-electron chi connectivity index (χ1n) is 19.4. The van der Waals surface area contributed by atoms with Crippen LogP contribution in [0.2, 0.25) is 0 Å². The molecule has 0 spiro atoms. The van der Waals surface area contributed by atoms with Gasteiger partial charge in [-0.25, -0.2) is 0 Å². The molecule has 0 atom stereocenters. The predicted octanol–water partition coefficient (Wildman–Crippen LogP) is 14.6. The SMILES string of the molecule is c1ccc(C2(c3ccccc3)c3cc(-c4ccc5c6c(cccc46)-c4ccccc4O5)ccc3-c3cc4cccc(-c5cccc6ccccc56)c4cc32)cc1. The zero-order valence-corrected chi connectivity index (χ0v) is 30.5. The lowest BCUT2D eigenvalue weighted by atomic mass is 9.67. The van der Waals surface area contributed by atoms with Gasteiger partial charge in [-0.05, 0) is 118 Å². The van der Waals surface area contributed by atoms with Crippen molar-refractivity contribution in [2.75, 3.05) is 0 Å². The summed E-state index contributed by atoms with van der Waals surface area (Å²) in [5.41, 5.74) is 14.4. The van der Waals surface area contributed by atoms with Crippen molar-refractivity contribution in [3.05, 3.63) is 229 Å². The van der Waals surface area contributed by atoms with Gasteiger partial charge in [-0.1, -0.05) is 176 Å². The molecule has 1 heteroatoms. The Morgan fingerprint density at radius 1 is 0.304 bits per heavy atom. The van der Waals surface area contributed by atoms with Crippen LogP contribution in [-0.4, -0.2) is 0 Å². The van der Waals surface area contributed by atoms with Gasteiger partial charge in [0, 0.05) is 10.9 Å². The van der Waals surface area contributed by atoms with E-state index < -0.39 is 5.41 Å². The fourth-order valence-electron chi connectivity index (χ4n) is 9.95. The van der Waals surface area contributed by atoms with Crippen LogP contribution in [0.3, 0.4) is 0 Å². The molecule has 0 amide bonds. The molecule has 1 nitrogen and oxygen atoms in total. The maximum absolute atomic E-state index is 6.51. The second-order valence-electron chi connectivity index (χ2n) is 15.1. The van der Waals surface area contributed by atoms with Gasteiger partial charge in [-0.2, -0.15) is 0 Å². The molecule has 0 bridgehead atoms. The van der Waals surface area contributed by atoms with Crippen LogP contribution in [0, 0.1) is 0 Å². The average Bonchev–Trinajstić information content (AvgIpc) is 3.55. The molecular formula is C55H34O. The minimum atomic E-state index is -0.558. The van der Waals surface area contributed by atoms with Crippen molar-refractivity contribution in [2.24, 2.45) is 0 Å². The first kappa shape index (κ1) is 31.2. The van der Waals surface area contributed by atoms with Crippen LogP contribution in [0.4, 0.5) is 0 Å². The standard InChI is InChI=1S/C55H34O/c1-3-17-38(18-4-1)55(39-19-5-2-6-20-39)50-33-37(41-30-31-53-54-46(41)25-13-26-47(54)45-22-9-10-27-52(45)56-53)28-29-44(50)49-32-36-16-12-24-43(48(36)34-51(49)55)42-23-11-15-35-14-7-8-21-40(35)42/h1-34H. The maximum Gasteiger partial charge on any atom is 0.135 e. The van der Waals surface area contributed by atoms with Crippen LogP contribution in [0.15, 0.2) is 206 Å². The molecule has 10 aromatic rings. The number of hydrogen-bond donors (Lipinski definition) is 0. The van der Waals surface area contributed by atoms with Crippen molar-refractivity contribution in [3.8, 4) is 56.0 Å². The van der Waals surface area contributed by atoms with E-state index in [1.54, 1.807) is 0 Å². The molecule has 0 radical (unpaired) electrons. The monoisotopic (exact) mass is 710 g/mol. The fourth-order valence-corrected chi connectivity index (χ4v) is 9.95. The maximum atomic E-state index is 6.51. The first-order chi connectivity index (χ1) is 27.8. The Balaban J connectivity index is 1.15. The van der Waals surface area contributed by atoms with Crippen LogP contribution in [0.1, 0.15) is 22.3 Å². The summed E-state index contributed by atoms with van der Waals surface area (Å²) >= 11 is 0. The summed E-state index contributed by atoms with van der Waals surface area (Å²) in [7, 11) is 0. The largest absolute Gasteiger partial charge is 0.456 e. The van der Waals surface area contributed by atoms with Crippen LogP contribution < -0.4 is 4.74 Å². The highest BCUT2D eigenvalue weighted by molar-refractivity contribution is 6.11. The van der Waals surface area contributed by atoms with Crippen LogP contribution >= 0.6 is 0 Å². The second kappa shape index (κ2) is 11.9. The zero-order chi connectivity index (χ0) is 36.8. The number of benzene rings is 10. The lowest BCUT2D eigenvalue weighted by Crippen LogP contribution is -2.28. The van der Waals surface area contributed by atoms with Crippen molar-refractivity contribution in [1.82, 2.24) is 0 Å². The van der Waals surface area contributed by atoms with E-state index in [9.17, 15) is 0 Å². The van der Waals surface area contributed by atoms with E-state index in [1.807, 2.05) is 6.07 Å². The Morgan fingerprint density at radius 2 is 0.893 bits per heavy atom. The third-order valence-corrected chi connectivity index (χ3v) is 12.3. The zero-order valence-electron chi connectivity index (χ0n) is 30.5. The summed E-state index contributed by atoms with van der Waals surface area (Å²) in [5, 5.41) is 7.38. The minimum Gasteiger partial charge on any atom is -0.456 e. The Kier molecular flexibility index (Phi) is 6.62. The van der Waals surface area contributed by atoms with Gasteiger partial charge < -0.3 is 4.74 Å². The molecule has 1 aliphatic heterocycles. The van der Waals surface area contributed by atoms with Gasteiger partial charge in [0.05, 0.1) is 5.41 Å². The highest BCUT2D eigenvalue weighted by Gasteiger charge is 2.46. The lowest BCUT2D eigenvalue weighted by Gasteiger charge is -2.34. The van der Waals surface area contributed by atoms with Gasteiger partial charge in [-0.3, -0.25) is 0 Å². The summed E-state index contributed by atoms with van der Waals surface area (Å²) in [6, 6.07) is 76.0. The molecule has 12 rings (SSSR count). The van der Waals surface area contributed by atoms with E-state index in [0.717, 1.165) is 22.4 Å². The van der Waals surface area contributed by atoms with E-state index in [1.165, 1.54) is 88.1 Å². The first-order valence-corrected chi connectivity index (χ1v) is 19.4. The third-order valence-electron chi connectivity index (χ3n) is 12.3. The molecule has 1 heterocycles. The summed E-state index contributed by atoms with van der Waals surface area (Å²) in [4.78, 5) is 0. The van der Waals surface area contributed by atoms with Gasteiger partial charge >= 0.3 is 0 Å². The minimum absolute atomic E-state index is 0.558. The van der Waals surface area contributed by atoms with Gasteiger partial charge in [0.1, 0.15) is 11.5 Å².